The Morgan fingerprint density at radius 3 is 2.27 bits per heavy atom. The van der Waals surface area contributed by atoms with E-state index in [9.17, 15) is 4.79 Å². The third-order valence-electron chi connectivity index (χ3n) is 3.86. The van der Waals surface area contributed by atoms with Crippen LogP contribution in [-0.4, -0.2) is 21.9 Å². The van der Waals surface area contributed by atoms with Gasteiger partial charge in [-0.15, -0.1) is 0 Å². The van der Waals surface area contributed by atoms with Gasteiger partial charge in [-0.1, -0.05) is 42.5 Å². The molecule has 1 amide bonds. The molecule has 0 aliphatic rings. The van der Waals surface area contributed by atoms with E-state index in [1.165, 1.54) is 12.5 Å². The lowest BCUT2D eigenvalue weighted by Gasteiger charge is -2.12. The zero-order valence-corrected chi connectivity index (χ0v) is 14.8. The molecule has 0 radical (unpaired) electrons. The Balaban J connectivity index is 1.64. The van der Waals surface area contributed by atoms with Crippen LogP contribution in [-0.2, 0) is 11.2 Å². The monoisotopic (exact) mass is 347 g/mol. The molecule has 3 aromatic rings. The topological polar surface area (TPSA) is 64.1 Å². The van der Waals surface area contributed by atoms with Gasteiger partial charge in [0.15, 0.2) is 0 Å². The highest BCUT2D eigenvalue weighted by atomic mass is 16.5. The van der Waals surface area contributed by atoms with Crippen LogP contribution in [0.5, 0.6) is 11.8 Å². The maximum atomic E-state index is 11.1. The number of nitrogens with one attached hydrogen (secondary N) is 1. The predicted molar refractivity (Wildman–Crippen MR) is 101 cm³/mol. The molecule has 0 aliphatic heterocycles. The number of aromatic nitrogens is 2. The van der Waals surface area contributed by atoms with Crippen molar-refractivity contribution in [3.63, 3.8) is 0 Å². The number of amides is 1. The van der Waals surface area contributed by atoms with Gasteiger partial charge in [0.1, 0.15) is 5.75 Å². The van der Waals surface area contributed by atoms with E-state index in [-0.39, 0.29) is 11.9 Å². The van der Waals surface area contributed by atoms with E-state index in [0.29, 0.717) is 11.8 Å². The molecular weight excluding hydrogens is 326 g/mol. The Kier molecular flexibility index (Phi) is 5.59. The normalized spacial score (nSPS) is 11.6. The highest BCUT2D eigenvalue weighted by Gasteiger charge is 2.06. The number of rotatable bonds is 6. The molecule has 3 rings (SSSR count). The molecule has 5 heteroatoms. The molecule has 1 heterocycles. The van der Waals surface area contributed by atoms with Gasteiger partial charge in [0, 0.05) is 30.9 Å². The SMILES string of the molecule is CC(=O)NC(C)Cc1ccc(-c2cnc(Oc3ccccc3)nc2)cc1. The van der Waals surface area contributed by atoms with Crippen molar-refractivity contribution in [2.45, 2.75) is 26.3 Å². The Morgan fingerprint density at radius 1 is 1.00 bits per heavy atom. The molecule has 1 aromatic heterocycles. The number of ether oxygens (including phenoxy) is 1. The van der Waals surface area contributed by atoms with Crippen LogP contribution in [0.25, 0.3) is 11.1 Å². The van der Waals surface area contributed by atoms with Crippen LogP contribution >= 0.6 is 0 Å². The molecule has 132 valence electrons. The molecule has 0 aliphatic carbocycles. The molecule has 0 saturated carbocycles. The van der Waals surface area contributed by atoms with E-state index >= 15 is 0 Å². The van der Waals surface area contributed by atoms with Gasteiger partial charge >= 0.3 is 6.01 Å². The van der Waals surface area contributed by atoms with Gasteiger partial charge < -0.3 is 10.1 Å². The molecule has 0 fully saturated rings. The van der Waals surface area contributed by atoms with Crippen molar-refractivity contribution in [2.75, 3.05) is 0 Å². The maximum Gasteiger partial charge on any atom is 0.321 e. The molecular formula is C21H21N3O2. The standard InChI is InChI=1S/C21H21N3O2/c1-15(24-16(2)25)12-17-8-10-18(11-9-17)19-13-22-21(23-14-19)26-20-6-4-3-5-7-20/h3-11,13-15H,12H2,1-2H3,(H,24,25). The van der Waals surface area contributed by atoms with Gasteiger partial charge in [-0.25, -0.2) is 9.97 Å². The van der Waals surface area contributed by atoms with Gasteiger partial charge in [-0.2, -0.15) is 0 Å². The summed E-state index contributed by atoms with van der Waals surface area (Å²) in [6.07, 6.45) is 4.29. The first-order chi connectivity index (χ1) is 12.6. The number of nitrogens with zero attached hydrogens (tertiary/aromatic N) is 2. The first kappa shape index (κ1) is 17.6. The Bertz CT molecular complexity index is 847. The first-order valence-corrected chi connectivity index (χ1v) is 8.51. The third-order valence-corrected chi connectivity index (χ3v) is 3.86. The van der Waals surface area contributed by atoms with Crippen LogP contribution in [0, 0.1) is 0 Å². The first-order valence-electron chi connectivity index (χ1n) is 8.51. The Morgan fingerprint density at radius 2 is 1.65 bits per heavy atom. The summed E-state index contributed by atoms with van der Waals surface area (Å²) in [5.74, 6) is 0.696. The van der Waals surface area contributed by atoms with Crippen LogP contribution in [0.3, 0.4) is 0 Å². The van der Waals surface area contributed by atoms with E-state index in [4.69, 9.17) is 4.74 Å². The average Bonchev–Trinajstić information content (AvgIpc) is 2.63. The fraction of sp³-hybridized carbons (Fsp3) is 0.190. The number of hydrogen-bond donors (Lipinski definition) is 1. The second kappa shape index (κ2) is 8.25. The second-order valence-electron chi connectivity index (χ2n) is 6.17. The fourth-order valence-corrected chi connectivity index (χ4v) is 2.70. The summed E-state index contributed by atoms with van der Waals surface area (Å²) < 4.78 is 5.61. The minimum absolute atomic E-state index is 0.0101. The van der Waals surface area contributed by atoms with Gasteiger partial charge in [0.05, 0.1) is 0 Å². The smallest absolute Gasteiger partial charge is 0.321 e. The largest absolute Gasteiger partial charge is 0.424 e. The molecule has 1 N–H and O–H groups in total. The average molecular weight is 347 g/mol. The Hall–Kier alpha value is -3.21. The second-order valence-corrected chi connectivity index (χ2v) is 6.17. The van der Waals surface area contributed by atoms with E-state index < -0.39 is 0 Å². The fourth-order valence-electron chi connectivity index (χ4n) is 2.70. The maximum absolute atomic E-state index is 11.1. The minimum atomic E-state index is -0.0101. The molecule has 26 heavy (non-hydrogen) atoms. The van der Waals surface area contributed by atoms with Crippen LogP contribution in [0.1, 0.15) is 19.4 Å². The lowest BCUT2D eigenvalue weighted by molar-refractivity contribution is -0.119. The highest BCUT2D eigenvalue weighted by Crippen LogP contribution is 2.22. The van der Waals surface area contributed by atoms with Crippen molar-refractivity contribution in [2.24, 2.45) is 0 Å². The quantitative estimate of drug-likeness (QED) is 0.732. The van der Waals surface area contributed by atoms with Crippen molar-refractivity contribution >= 4 is 5.91 Å². The molecule has 1 unspecified atom stereocenters. The minimum Gasteiger partial charge on any atom is -0.424 e. The van der Waals surface area contributed by atoms with E-state index in [2.05, 4.69) is 27.4 Å². The van der Waals surface area contributed by atoms with Crippen molar-refractivity contribution in [3.8, 4) is 22.9 Å². The number of hydrogen-bond acceptors (Lipinski definition) is 4. The molecule has 1 atom stereocenters. The summed E-state index contributed by atoms with van der Waals surface area (Å²) in [7, 11) is 0. The zero-order valence-electron chi connectivity index (χ0n) is 14.8. The van der Waals surface area contributed by atoms with Gasteiger partial charge in [-0.05, 0) is 36.6 Å². The summed E-state index contributed by atoms with van der Waals surface area (Å²) in [5, 5.41) is 2.89. The zero-order chi connectivity index (χ0) is 18.4. The van der Waals surface area contributed by atoms with Crippen molar-refractivity contribution in [1.82, 2.24) is 15.3 Å². The molecule has 0 saturated heterocycles. The lowest BCUT2D eigenvalue weighted by Crippen LogP contribution is -2.31. The van der Waals surface area contributed by atoms with Crippen LogP contribution < -0.4 is 10.1 Å². The molecule has 2 aromatic carbocycles. The Labute approximate surface area is 153 Å². The van der Waals surface area contributed by atoms with Gasteiger partial charge in [-0.3, -0.25) is 4.79 Å². The summed E-state index contributed by atoms with van der Waals surface area (Å²) in [6.45, 7) is 3.53. The van der Waals surface area contributed by atoms with Crippen LogP contribution in [0.15, 0.2) is 67.0 Å². The lowest BCUT2D eigenvalue weighted by atomic mass is 10.0. The number of carbonyl (C=O) groups is 1. The number of para-hydroxylation sites is 1. The summed E-state index contributed by atoms with van der Waals surface area (Å²) in [4.78, 5) is 19.6. The van der Waals surface area contributed by atoms with Gasteiger partial charge in [0.25, 0.3) is 0 Å². The van der Waals surface area contributed by atoms with E-state index in [1.54, 1.807) is 12.4 Å². The molecule has 5 nitrogen and oxygen atoms in total. The van der Waals surface area contributed by atoms with E-state index in [0.717, 1.165) is 17.5 Å². The summed E-state index contributed by atoms with van der Waals surface area (Å²) >= 11 is 0. The summed E-state index contributed by atoms with van der Waals surface area (Å²) in [6, 6.07) is 18.1. The number of benzene rings is 2. The van der Waals surface area contributed by atoms with Crippen molar-refractivity contribution in [3.05, 3.63) is 72.6 Å². The summed E-state index contributed by atoms with van der Waals surface area (Å²) in [5.41, 5.74) is 3.12. The van der Waals surface area contributed by atoms with Crippen LogP contribution in [0.4, 0.5) is 0 Å². The number of carbonyl (C=O) groups excluding carboxylic acids is 1. The van der Waals surface area contributed by atoms with Crippen molar-refractivity contribution < 1.29 is 9.53 Å². The predicted octanol–water partition coefficient (Wildman–Crippen LogP) is 4.00. The van der Waals surface area contributed by atoms with Crippen LogP contribution in [0.2, 0.25) is 0 Å². The van der Waals surface area contributed by atoms with E-state index in [1.807, 2.05) is 49.4 Å². The van der Waals surface area contributed by atoms with Gasteiger partial charge in [0.2, 0.25) is 5.91 Å². The van der Waals surface area contributed by atoms with Crippen molar-refractivity contribution in [1.29, 1.82) is 0 Å². The third kappa shape index (κ3) is 4.89. The molecule has 0 bridgehead atoms. The highest BCUT2D eigenvalue weighted by molar-refractivity contribution is 5.73. The molecule has 0 spiro atoms.